The molecular weight excluding hydrogens is 220 g/mol. The zero-order valence-electron chi connectivity index (χ0n) is 11.8. The number of nitrogens with one attached hydrogen (secondary N) is 1. The zero-order valence-corrected chi connectivity index (χ0v) is 11.8. The molecule has 1 N–H and O–H groups in total. The van der Waals surface area contributed by atoms with Crippen LogP contribution in [-0.2, 0) is 0 Å². The number of nitrogens with zero attached hydrogens (tertiary/aromatic N) is 1. The summed E-state index contributed by atoms with van der Waals surface area (Å²) in [5, 5.41) is 3.46. The molecule has 1 aromatic rings. The highest BCUT2D eigenvalue weighted by Gasteiger charge is 2.10. The van der Waals surface area contributed by atoms with Crippen molar-refractivity contribution in [2.75, 3.05) is 24.5 Å². The minimum Gasteiger partial charge on any atom is -0.372 e. The zero-order chi connectivity index (χ0) is 12.8. The minimum atomic E-state index is 0.452. The predicted octanol–water partition coefficient (Wildman–Crippen LogP) is 3.74. The molecule has 1 aliphatic rings. The lowest BCUT2D eigenvalue weighted by atomic mass is 10.1. The maximum Gasteiger partial charge on any atom is 0.0366 e. The number of benzene rings is 1. The van der Waals surface area contributed by atoms with Gasteiger partial charge in [0.1, 0.15) is 0 Å². The summed E-state index contributed by atoms with van der Waals surface area (Å²) in [4.78, 5) is 2.54. The molecule has 2 heteroatoms. The molecule has 1 saturated heterocycles. The quantitative estimate of drug-likeness (QED) is 0.870. The van der Waals surface area contributed by atoms with Crippen molar-refractivity contribution in [1.29, 1.82) is 0 Å². The highest BCUT2D eigenvalue weighted by atomic mass is 15.1. The van der Waals surface area contributed by atoms with Gasteiger partial charge in [-0.1, -0.05) is 31.9 Å². The molecule has 0 saturated carbocycles. The summed E-state index contributed by atoms with van der Waals surface area (Å²) in [6.07, 6.45) is 5.48. The van der Waals surface area contributed by atoms with Crippen LogP contribution in [0.4, 0.5) is 5.69 Å². The molecule has 0 radical (unpaired) electrons. The van der Waals surface area contributed by atoms with Gasteiger partial charge in [0.05, 0.1) is 0 Å². The third-order valence-electron chi connectivity index (χ3n) is 3.87. The van der Waals surface area contributed by atoms with E-state index in [1.54, 1.807) is 0 Å². The van der Waals surface area contributed by atoms with E-state index in [1.165, 1.54) is 50.0 Å². The lowest BCUT2D eigenvalue weighted by Crippen LogP contribution is -2.24. The first-order valence-electron chi connectivity index (χ1n) is 7.39. The van der Waals surface area contributed by atoms with Crippen molar-refractivity contribution in [2.45, 2.75) is 45.6 Å². The van der Waals surface area contributed by atoms with Crippen LogP contribution >= 0.6 is 0 Å². The number of anilines is 1. The summed E-state index contributed by atoms with van der Waals surface area (Å²) in [5.74, 6) is 0. The molecule has 0 amide bonds. The minimum absolute atomic E-state index is 0.452. The average Bonchev–Trinajstić information content (AvgIpc) is 2.68. The second kappa shape index (κ2) is 6.79. The van der Waals surface area contributed by atoms with Crippen LogP contribution in [0.2, 0.25) is 0 Å². The summed E-state index contributed by atoms with van der Waals surface area (Å²) in [5.41, 5.74) is 2.78. The topological polar surface area (TPSA) is 15.3 Å². The molecule has 0 aliphatic carbocycles. The van der Waals surface area contributed by atoms with Gasteiger partial charge in [0.2, 0.25) is 0 Å². The Morgan fingerprint density at radius 2 is 1.67 bits per heavy atom. The van der Waals surface area contributed by atoms with Crippen molar-refractivity contribution in [3.05, 3.63) is 29.8 Å². The summed E-state index contributed by atoms with van der Waals surface area (Å²) in [6.45, 7) is 7.85. The van der Waals surface area contributed by atoms with E-state index in [9.17, 15) is 0 Å². The Bertz CT molecular complexity index is 337. The van der Waals surface area contributed by atoms with Crippen LogP contribution in [0, 0.1) is 0 Å². The Kier molecular flexibility index (Phi) is 5.06. The van der Waals surface area contributed by atoms with Gasteiger partial charge in [-0.05, 0) is 44.0 Å². The highest BCUT2D eigenvalue weighted by molar-refractivity contribution is 5.48. The van der Waals surface area contributed by atoms with Crippen LogP contribution < -0.4 is 10.2 Å². The molecule has 2 nitrogen and oxygen atoms in total. The van der Waals surface area contributed by atoms with Crippen LogP contribution in [0.1, 0.15) is 51.1 Å². The lowest BCUT2D eigenvalue weighted by Gasteiger charge is -2.23. The van der Waals surface area contributed by atoms with E-state index >= 15 is 0 Å². The smallest absolute Gasteiger partial charge is 0.0366 e. The van der Waals surface area contributed by atoms with E-state index in [2.05, 4.69) is 48.3 Å². The summed E-state index contributed by atoms with van der Waals surface area (Å²) < 4.78 is 0. The van der Waals surface area contributed by atoms with Crippen molar-refractivity contribution in [2.24, 2.45) is 0 Å². The van der Waals surface area contributed by atoms with Crippen LogP contribution in [0.15, 0.2) is 24.3 Å². The predicted molar refractivity (Wildman–Crippen MR) is 79.2 cm³/mol. The number of rotatable bonds is 4. The molecule has 0 aromatic heterocycles. The van der Waals surface area contributed by atoms with Gasteiger partial charge in [0.25, 0.3) is 0 Å². The number of hydrogen-bond acceptors (Lipinski definition) is 2. The SMILES string of the molecule is CCNC(C)c1ccc(N2CCCCCC2)cc1. The Labute approximate surface area is 111 Å². The van der Waals surface area contributed by atoms with Gasteiger partial charge in [-0.15, -0.1) is 0 Å². The third-order valence-corrected chi connectivity index (χ3v) is 3.87. The van der Waals surface area contributed by atoms with Gasteiger partial charge < -0.3 is 10.2 Å². The lowest BCUT2D eigenvalue weighted by molar-refractivity contribution is 0.598. The summed E-state index contributed by atoms with van der Waals surface area (Å²) in [6, 6.07) is 9.57. The van der Waals surface area contributed by atoms with Gasteiger partial charge in [0.15, 0.2) is 0 Å². The second-order valence-electron chi connectivity index (χ2n) is 5.27. The van der Waals surface area contributed by atoms with Crippen LogP contribution in [0.3, 0.4) is 0 Å². The molecule has 1 aliphatic heterocycles. The van der Waals surface area contributed by atoms with Gasteiger partial charge >= 0.3 is 0 Å². The molecule has 0 bridgehead atoms. The first kappa shape index (κ1) is 13.4. The molecule has 1 unspecified atom stereocenters. The van der Waals surface area contributed by atoms with E-state index in [-0.39, 0.29) is 0 Å². The van der Waals surface area contributed by atoms with Crippen LogP contribution in [0.25, 0.3) is 0 Å². The van der Waals surface area contributed by atoms with Crippen molar-refractivity contribution in [3.8, 4) is 0 Å². The largest absolute Gasteiger partial charge is 0.372 e. The molecule has 1 atom stereocenters. The van der Waals surface area contributed by atoms with Gasteiger partial charge in [0, 0.05) is 24.8 Å². The van der Waals surface area contributed by atoms with Crippen LogP contribution in [0.5, 0.6) is 0 Å². The Hall–Kier alpha value is -1.02. The van der Waals surface area contributed by atoms with Gasteiger partial charge in [-0.2, -0.15) is 0 Å². The molecule has 18 heavy (non-hydrogen) atoms. The van der Waals surface area contributed by atoms with Crippen molar-refractivity contribution >= 4 is 5.69 Å². The Morgan fingerprint density at radius 1 is 1.06 bits per heavy atom. The number of hydrogen-bond donors (Lipinski definition) is 1. The maximum absolute atomic E-state index is 3.46. The van der Waals surface area contributed by atoms with E-state index in [0.717, 1.165) is 6.54 Å². The Balaban J connectivity index is 2.01. The molecule has 2 rings (SSSR count). The molecule has 1 fully saturated rings. The van der Waals surface area contributed by atoms with Crippen LogP contribution in [-0.4, -0.2) is 19.6 Å². The average molecular weight is 246 g/mol. The molecular formula is C16H26N2. The first-order valence-corrected chi connectivity index (χ1v) is 7.39. The fourth-order valence-corrected chi connectivity index (χ4v) is 2.73. The third kappa shape index (κ3) is 3.49. The van der Waals surface area contributed by atoms with E-state index in [0.29, 0.717) is 6.04 Å². The second-order valence-corrected chi connectivity index (χ2v) is 5.27. The van der Waals surface area contributed by atoms with Gasteiger partial charge in [-0.25, -0.2) is 0 Å². The first-order chi connectivity index (χ1) is 8.81. The molecule has 1 heterocycles. The fourth-order valence-electron chi connectivity index (χ4n) is 2.73. The van der Waals surface area contributed by atoms with Crippen molar-refractivity contribution in [1.82, 2.24) is 5.32 Å². The van der Waals surface area contributed by atoms with E-state index in [4.69, 9.17) is 0 Å². The molecule has 1 aromatic carbocycles. The summed E-state index contributed by atoms with van der Waals surface area (Å²) in [7, 11) is 0. The normalized spacial score (nSPS) is 18.4. The standard InChI is InChI=1S/C16H26N2/c1-3-17-14(2)15-8-10-16(11-9-15)18-12-6-4-5-7-13-18/h8-11,14,17H,3-7,12-13H2,1-2H3. The Morgan fingerprint density at radius 3 is 2.22 bits per heavy atom. The monoisotopic (exact) mass is 246 g/mol. The highest BCUT2D eigenvalue weighted by Crippen LogP contribution is 2.22. The van der Waals surface area contributed by atoms with E-state index < -0.39 is 0 Å². The molecule has 100 valence electrons. The fraction of sp³-hybridized carbons (Fsp3) is 0.625. The van der Waals surface area contributed by atoms with E-state index in [1.807, 2.05) is 0 Å². The molecule has 0 spiro atoms. The van der Waals surface area contributed by atoms with Crippen molar-refractivity contribution in [3.63, 3.8) is 0 Å². The summed E-state index contributed by atoms with van der Waals surface area (Å²) >= 11 is 0. The maximum atomic E-state index is 3.46. The van der Waals surface area contributed by atoms with Gasteiger partial charge in [-0.3, -0.25) is 0 Å². The van der Waals surface area contributed by atoms with Crippen molar-refractivity contribution < 1.29 is 0 Å².